The highest BCUT2D eigenvalue weighted by atomic mass is 32.2. The fourth-order valence-corrected chi connectivity index (χ4v) is 3.91. The van der Waals surface area contributed by atoms with Crippen molar-refractivity contribution in [1.82, 2.24) is 9.71 Å². The number of pyridine rings is 1. The predicted octanol–water partition coefficient (Wildman–Crippen LogP) is 3.51. The molecule has 1 aromatic heterocycles. The van der Waals surface area contributed by atoms with Crippen LogP contribution in [0.15, 0.2) is 46.5 Å². The summed E-state index contributed by atoms with van der Waals surface area (Å²) in [5, 5.41) is 8.94. The van der Waals surface area contributed by atoms with Crippen molar-refractivity contribution in [2.45, 2.75) is 23.0 Å². The summed E-state index contributed by atoms with van der Waals surface area (Å²) >= 11 is 0.899. The molecule has 0 aliphatic carbocycles. The number of thioether (sulfide) groups is 1. The van der Waals surface area contributed by atoms with Crippen LogP contribution in [0.1, 0.15) is 21.5 Å². The Morgan fingerprint density at radius 3 is 2.73 bits per heavy atom. The maximum absolute atomic E-state index is 12.9. The van der Waals surface area contributed by atoms with E-state index >= 15 is 0 Å². The van der Waals surface area contributed by atoms with E-state index in [9.17, 15) is 22.2 Å². The van der Waals surface area contributed by atoms with E-state index in [-0.39, 0.29) is 27.8 Å². The molecule has 1 heterocycles. The summed E-state index contributed by atoms with van der Waals surface area (Å²) in [5.41, 5.74) is -0.213. The monoisotopic (exact) mass is 404 g/mol. The summed E-state index contributed by atoms with van der Waals surface area (Å²) in [6, 6.07) is 6.59. The second-order valence-corrected chi connectivity index (χ2v) is 7.53. The molecule has 10 heteroatoms. The van der Waals surface area contributed by atoms with Gasteiger partial charge in [0.05, 0.1) is 16.0 Å². The van der Waals surface area contributed by atoms with E-state index in [1.54, 1.807) is 19.1 Å². The van der Waals surface area contributed by atoms with Gasteiger partial charge in [0.1, 0.15) is 16.0 Å². The van der Waals surface area contributed by atoms with Crippen molar-refractivity contribution in [1.29, 1.82) is 0 Å². The number of aryl methyl sites for hydroxylation is 1. The number of carboxylic acids is 1. The van der Waals surface area contributed by atoms with Crippen molar-refractivity contribution in [3.8, 4) is 0 Å². The Morgan fingerprint density at radius 2 is 2.08 bits per heavy atom. The number of carbonyl (C=O) groups is 1. The van der Waals surface area contributed by atoms with Crippen LogP contribution >= 0.6 is 11.8 Å². The quantitative estimate of drug-likeness (QED) is 0.545. The first kappa shape index (κ1) is 20.4. The van der Waals surface area contributed by atoms with E-state index in [1.165, 1.54) is 18.3 Å². The van der Waals surface area contributed by atoms with Crippen LogP contribution < -0.4 is 4.72 Å². The number of hydrogen-bond donors (Lipinski definition) is 2. The molecule has 2 rings (SSSR count). The van der Waals surface area contributed by atoms with Crippen LogP contribution in [0.5, 0.6) is 0 Å². The molecule has 0 bridgehead atoms. The molecule has 1 unspecified atom stereocenters. The minimum Gasteiger partial charge on any atom is -0.478 e. The molecule has 140 valence electrons. The molecule has 0 saturated heterocycles. The number of nitrogens with one attached hydrogen (secondary N) is 1. The highest BCUT2D eigenvalue weighted by molar-refractivity contribution is 7.99. The number of rotatable bonds is 7. The molecule has 26 heavy (non-hydrogen) atoms. The SMILES string of the molecule is Cc1ccc(S(=O)NCCSc2ncccc2C(F)(F)F)cc1C(=O)O. The summed E-state index contributed by atoms with van der Waals surface area (Å²) in [6.45, 7) is 1.78. The van der Waals surface area contributed by atoms with Gasteiger partial charge in [-0.25, -0.2) is 18.7 Å². The van der Waals surface area contributed by atoms with Gasteiger partial charge in [0.15, 0.2) is 0 Å². The molecule has 0 aliphatic rings. The molecule has 5 nitrogen and oxygen atoms in total. The van der Waals surface area contributed by atoms with Crippen LogP contribution in [0.25, 0.3) is 0 Å². The summed E-state index contributed by atoms with van der Waals surface area (Å²) in [6.07, 6.45) is -3.20. The van der Waals surface area contributed by atoms with E-state index in [0.29, 0.717) is 5.56 Å². The van der Waals surface area contributed by atoms with E-state index in [4.69, 9.17) is 5.11 Å². The second-order valence-electron chi connectivity index (χ2n) is 5.15. The van der Waals surface area contributed by atoms with Crippen LogP contribution in [0.2, 0.25) is 0 Å². The first-order chi connectivity index (χ1) is 12.2. The zero-order valence-corrected chi connectivity index (χ0v) is 15.2. The number of halogens is 3. The van der Waals surface area contributed by atoms with Crippen LogP contribution in [-0.2, 0) is 17.2 Å². The lowest BCUT2D eigenvalue weighted by Gasteiger charge is -2.11. The van der Waals surface area contributed by atoms with Crippen molar-refractivity contribution in [3.05, 3.63) is 53.2 Å². The number of nitrogens with zero attached hydrogens (tertiary/aromatic N) is 1. The zero-order valence-electron chi connectivity index (χ0n) is 13.5. The van der Waals surface area contributed by atoms with Gasteiger partial charge in [0, 0.05) is 18.5 Å². The molecule has 0 saturated carbocycles. The number of aromatic carboxylic acids is 1. The van der Waals surface area contributed by atoms with Gasteiger partial charge in [-0.05, 0) is 36.8 Å². The third-order valence-corrected chi connectivity index (χ3v) is 5.46. The minimum atomic E-state index is -4.48. The van der Waals surface area contributed by atoms with Crippen molar-refractivity contribution < 1.29 is 27.3 Å². The fraction of sp³-hybridized carbons (Fsp3) is 0.250. The smallest absolute Gasteiger partial charge is 0.419 e. The van der Waals surface area contributed by atoms with Crippen LogP contribution in [0.3, 0.4) is 0 Å². The zero-order chi connectivity index (χ0) is 19.3. The van der Waals surface area contributed by atoms with E-state index in [0.717, 1.165) is 17.8 Å². The van der Waals surface area contributed by atoms with Crippen molar-refractivity contribution in [2.24, 2.45) is 0 Å². The molecule has 0 spiro atoms. The highest BCUT2D eigenvalue weighted by Crippen LogP contribution is 2.35. The van der Waals surface area contributed by atoms with E-state index < -0.39 is 28.7 Å². The third kappa shape index (κ3) is 5.29. The third-order valence-electron chi connectivity index (χ3n) is 3.30. The summed E-state index contributed by atoms with van der Waals surface area (Å²) in [4.78, 5) is 15.1. The van der Waals surface area contributed by atoms with Crippen molar-refractivity contribution in [2.75, 3.05) is 12.3 Å². The van der Waals surface area contributed by atoms with Crippen LogP contribution in [-0.4, -0.2) is 32.6 Å². The number of alkyl halides is 3. The molecule has 0 amide bonds. The molecule has 0 radical (unpaired) electrons. The molecule has 1 atom stereocenters. The van der Waals surface area contributed by atoms with E-state index in [2.05, 4.69) is 9.71 Å². The Morgan fingerprint density at radius 1 is 1.35 bits per heavy atom. The van der Waals surface area contributed by atoms with Gasteiger partial charge in [-0.1, -0.05) is 6.07 Å². The van der Waals surface area contributed by atoms with Gasteiger partial charge in [-0.3, -0.25) is 0 Å². The second kappa shape index (κ2) is 8.65. The Bertz CT molecular complexity index is 829. The Hall–Kier alpha value is -1.91. The largest absolute Gasteiger partial charge is 0.478 e. The average Bonchev–Trinajstić information content (AvgIpc) is 2.58. The number of aromatic nitrogens is 1. The highest BCUT2D eigenvalue weighted by Gasteiger charge is 2.33. The van der Waals surface area contributed by atoms with Crippen molar-refractivity contribution >= 4 is 28.7 Å². The van der Waals surface area contributed by atoms with Crippen LogP contribution in [0.4, 0.5) is 13.2 Å². The van der Waals surface area contributed by atoms with Gasteiger partial charge in [-0.15, -0.1) is 11.8 Å². The molecule has 2 N–H and O–H groups in total. The molecular weight excluding hydrogens is 389 g/mol. The Kier molecular flexibility index (Phi) is 6.79. The lowest BCUT2D eigenvalue weighted by Crippen LogP contribution is -2.21. The van der Waals surface area contributed by atoms with Gasteiger partial charge in [0.25, 0.3) is 0 Å². The van der Waals surface area contributed by atoms with Crippen LogP contribution in [0, 0.1) is 6.92 Å². The van der Waals surface area contributed by atoms with E-state index in [1.807, 2.05) is 0 Å². The number of benzene rings is 1. The summed E-state index contributed by atoms with van der Waals surface area (Å²) in [7, 11) is -1.67. The minimum absolute atomic E-state index is 0.0512. The molecular formula is C16H15F3N2O3S2. The molecule has 0 fully saturated rings. The van der Waals surface area contributed by atoms with Gasteiger partial charge >= 0.3 is 12.1 Å². The number of hydrogen-bond acceptors (Lipinski definition) is 4. The maximum Gasteiger partial charge on any atom is 0.419 e. The predicted molar refractivity (Wildman–Crippen MR) is 92.5 cm³/mol. The normalized spacial score (nSPS) is 12.8. The molecule has 0 aliphatic heterocycles. The maximum atomic E-state index is 12.9. The number of carboxylic acid groups (broad SMARTS) is 1. The van der Waals surface area contributed by atoms with Gasteiger partial charge in [-0.2, -0.15) is 13.2 Å². The lowest BCUT2D eigenvalue weighted by molar-refractivity contribution is -0.140. The Labute approximate surface area is 154 Å². The molecule has 2 aromatic rings. The summed E-state index contributed by atoms with van der Waals surface area (Å²) in [5.74, 6) is -0.907. The standard InChI is InChI=1S/C16H15F3N2O3S2/c1-10-4-5-11(9-12(10)15(22)23)26(24)21-7-8-25-14-13(16(17,18)19)3-2-6-20-14/h2-6,9,21H,7-8H2,1H3,(H,22,23). The fourth-order valence-electron chi connectivity index (χ4n) is 2.03. The lowest BCUT2D eigenvalue weighted by atomic mass is 10.1. The Balaban J connectivity index is 1.94. The summed E-state index contributed by atoms with van der Waals surface area (Å²) < 4.78 is 53.5. The first-order valence-corrected chi connectivity index (χ1v) is 9.48. The van der Waals surface area contributed by atoms with Gasteiger partial charge in [0.2, 0.25) is 0 Å². The van der Waals surface area contributed by atoms with Crippen molar-refractivity contribution in [3.63, 3.8) is 0 Å². The molecule has 1 aromatic carbocycles. The topological polar surface area (TPSA) is 79.3 Å². The average molecular weight is 404 g/mol. The first-order valence-electron chi connectivity index (χ1n) is 7.34. The van der Waals surface area contributed by atoms with Gasteiger partial charge < -0.3 is 5.11 Å².